The molecule has 2 nitrogen and oxygen atoms in total. The summed E-state index contributed by atoms with van der Waals surface area (Å²) < 4.78 is 0.728. The average Bonchev–Trinajstić information content (AvgIpc) is 2.85. The Morgan fingerprint density at radius 3 is 2.79 bits per heavy atom. The third-order valence-electron chi connectivity index (χ3n) is 2.54. The molecule has 0 N–H and O–H groups in total. The summed E-state index contributed by atoms with van der Waals surface area (Å²) in [7, 11) is 1.77. The molecule has 0 radical (unpaired) electrons. The molecule has 0 aliphatic rings. The van der Waals surface area contributed by atoms with Crippen molar-refractivity contribution in [1.29, 1.82) is 0 Å². The number of carbonyl (C=O) groups excluding carboxylic acids is 1. The number of hydrogen-bond acceptors (Lipinski definition) is 2. The van der Waals surface area contributed by atoms with Crippen LogP contribution in [0.25, 0.3) is 0 Å². The van der Waals surface area contributed by atoms with E-state index in [0.717, 1.165) is 8.45 Å². The molecule has 19 heavy (non-hydrogen) atoms. The molecule has 0 spiro atoms. The minimum atomic E-state index is -0.0813. The third kappa shape index (κ3) is 3.62. The number of halogens is 3. The lowest BCUT2D eigenvalue weighted by Gasteiger charge is -2.17. The highest BCUT2D eigenvalue weighted by molar-refractivity contribution is 14.1. The van der Waals surface area contributed by atoms with Crippen LogP contribution in [0.3, 0.4) is 0 Å². The van der Waals surface area contributed by atoms with E-state index < -0.39 is 0 Å². The molecule has 1 aromatic carbocycles. The van der Waals surface area contributed by atoms with Gasteiger partial charge in [-0.25, -0.2) is 0 Å². The molecule has 0 unspecified atom stereocenters. The minimum absolute atomic E-state index is 0.0813. The molecule has 0 bridgehead atoms. The molecule has 0 saturated carbocycles. The molecule has 0 aliphatic carbocycles. The van der Waals surface area contributed by atoms with Gasteiger partial charge in [0.1, 0.15) is 0 Å². The molecule has 1 heterocycles. The number of hydrogen-bond donors (Lipinski definition) is 0. The van der Waals surface area contributed by atoms with E-state index in [2.05, 4.69) is 22.6 Å². The van der Waals surface area contributed by atoms with Gasteiger partial charge in [-0.3, -0.25) is 4.79 Å². The Morgan fingerprint density at radius 1 is 1.42 bits per heavy atom. The zero-order valence-electron chi connectivity index (χ0n) is 9.99. The van der Waals surface area contributed by atoms with Gasteiger partial charge in [0, 0.05) is 20.5 Å². The second-order valence-electron chi connectivity index (χ2n) is 3.99. The highest BCUT2D eigenvalue weighted by atomic mass is 127. The molecule has 2 aromatic rings. The Kier molecular flexibility index (Phi) is 5.11. The maximum absolute atomic E-state index is 12.4. The molecule has 0 saturated heterocycles. The van der Waals surface area contributed by atoms with Gasteiger partial charge in [0.15, 0.2) is 0 Å². The fraction of sp³-hybridized carbons (Fsp3) is 0.154. The van der Waals surface area contributed by atoms with Crippen molar-refractivity contribution in [3.05, 3.63) is 53.7 Å². The fourth-order valence-electron chi connectivity index (χ4n) is 1.63. The largest absolute Gasteiger partial charge is 0.337 e. The van der Waals surface area contributed by atoms with Gasteiger partial charge in [-0.15, -0.1) is 11.3 Å². The molecule has 2 rings (SSSR count). The van der Waals surface area contributed by atoms with Crippen molar-refractivity contribution in [3.8, 4) is 0 Å². The average molecular weight is 426 g/mol. The van der Waals surface area contributed by atoms with Gasteiger partial charge in [0.05, 0.1) is 17.1 Å². The lowest BCUT2D eigenvalue weighted by atomic mass is 10.2. The smallest absolute Gasteiger partial charge is 0.255 e. The van der Waals surface area contributed by atoms with Crippen molar-refractivity contribution in [3.63, 3.8) is 0 Å². The molecule has 1 aromatic heterocycles. The fourth-order valence-corrected chi connectivity index (χ4v) is 3.42. The van der Waals surface area contributed by atoms with Crippen molar-refractivity contribution in [1.82, 2.24) is 4.90 Å². The summed E-state index contributed by atoms with van der Waals surface area (Å²) in [5.41, 5.74) is 0.539. The van der Waals surface area contributed by atoms with Gasteiger partial charge in [0.25, 0.3) is 5.91 Å². The van der Waals surface area contributed by atoms with Gasteiger partial charge in [0.2, 0.25) is 0 Å². The predicted octanol–water partition coefficient (Wildman–Crippen LogP) is 4.93. The first-order valence-corrected chi connectivity index (χ1v) is 8.13. The Labute approximate surface area is 139 Å². The van der Waals surface area contributed by atoms with Crippen LogP contribution in [0.4, 0.5) is 0 Å². The molecule has 0 atom stereocenters. The maximum Gasteiger partial charge on any atom is 0.255 e. The summed E-state index contributed by atoms with van der Waals surface area (Å²) in [6, 6.07) is 7.27. The molecule has 1 amide bonds. The number of benzene rings is 1. The topological polar surface area (TPSA) is 20.3 Å². The quantitative estimate of drug-likeness (QED) is 0.504. The van der Waals surface area contributed by atoms with Crippen molar-refractivity contribution in [2.45, 2.75) is 6.54 Å². The Hall–Kier alpha value is -0.300. The second kappa shape index (κ2) is 6.43. The van der Waals surface area contributed by atoms with E-state index in [-0.39, 0.29) is 5.91 Å². The zero-order valence-corrected chi connectivity index (χ0v) is 14.5. The Morgan fingerprint density at radius 2 is 2.16 bits per heavy atom. The minimum Gasteiger partial charge on any atom is -0.337 e. The molecule has 6 heteroatoms. The zero-order chi connectivity index (χ0) is 14.0. The first kappa shape index (κ1) is 15.1. The van der Waals surface area contributed by atoms with Gasteiger partial charge in [-0.1, -0.05) is 29.3 Å². The second-order valence-corrected chi connectivity index (χ2v) is 6.94. The highest BCUT2D eigenvalue weighted by Gasteiger charge is 2.18. The number of nitrogens with zero attached hydrogens (tertiary/aromatic N) is 1. The van der Waals surface area contributed by atoms with Crippen LogP contribution in [0.5, 0.6) is 0 Å². The normalized spacial score (nSPS) is 10.5. The summed E-state index contributed by atoms with van der Waals surface area (Å²) in [6.07, 6.45) is 0. The first-order valence-electron chi connectivity index (χ1n) is 5.41. The summed E-state index contributed by atoms with van der Waals surface area (Å²) >= 11 is 15.7. The van der Waals surface area contributed by atoms with Crippen LogP contribution in [0.15, 0.2) is 29.6 Å². The van der Waals surface area contributed by atoms with Crippen molar-refractivity contribution < 1.29 is 4.79 Å². The van der Waals surface area contributed by atoms with E-state index >= 15 is 0 Å². The lowest BCUT2D eigenvalue weighted by molar-refractivity contribution is 0.0785. The molecule has 100 valence electrons. The van der Waals surface area contributed by atoms with Gasteiger partial charge in [-0.2, -0.15) is 0 Å². The lowest BCUT2D eigenvalue weighted by Crippen LogP contribution is -2.26. The van der Waals surface area contributed by atoms with Crippen LogP contribution in [-0.2, 0) is 6.54 Å². The number of rotatable bonds is 3. The van der Waals surface area contributed by atoms with E-state index in [4.69, 9.17) is 23.2 Å². The van der Waals surface area contributed by atoms with Gasteiger partial charge >= 0.3 is 0 Å². The van der Waals surface area contributed by atoms with E-state index in [0.29, 0.717) is 22.2 Å². The van der Waals surface area contributed by atoms with Crippen molar-refractivity contribution in [2.24, 2.45) is 0 Å². The van der Waals surface area contributed by atoms with Crippen LogP contribution in [0.2, 0.25) is 10.0 Å². The summed E-state index contributed by atoms with van der Waals surface area (Å²) in [5.74, 6) is -0.0813. The van der Waals surface area contributed by atoms with Gasteiger partial charge in [-0.05, 0) is 46.2 Å². The van der Waals surface area contributed by atoms with Crippen LogP contribution in [0, 0.1) is 3.57 Å². The van der Waals surface area contributed by atoms with Crippen LogP contribution >= 0.6 is 57.1 Å². The van der Waals surface area contributed by atoms with Gasteiger partial charge < -0.3 is 4.90 Å². The van der Waals surface area contributed by atoms with E-state index in [9.17, 15) is 4.79 Å². The molecular weight excluding hydrogens is 416 g/mol. The summed E-state index contributed by atoms with van der Waals surface area (Å²) in [6.45, 7) is 0.580. The van der Waals surface area contributed by atoms with E-state index in [1.807, 2.05) is 17.5 Å². The molecular formula is C13H10Cl2INOS. The number of carbonyl (C=O) groups is 1. The summed E-state index contributed by atoms with van der Waals surface area (Å²) in [4.78, 5) is 15.2. The predicted molar refractivity (Wildman–Crippen MR) is 89.3 cm³/mol. The third-order valence-corrected chi connectivity index (χ3v) is 5.40. The van der Waals surface area contributed by atoms with Crippen LogP contribution in [0.1, 0.15) is 15.2 Å². The van der Waals surface area contributed by atoms with Crippen molar-refractivity contribution in [2.75, 3.05) is 7.05 Å². The number of thiophene rings is 1. The standard InChI is InChI=1S/C13H10Cl2INOS/c1-17(7-9-3-2-4-19-9)13(18)10-5-8(14)6-11(15)12(10)16/h2-6H,7H2,1H3. The van der Waals surface area contributed by atoms with E-state index in [1.54, 1.807) is 35.4 Å². The number of amides is 1. The van der Waals surface area contributed by atoms with Crippen molar-refractivity contribution >= 4 is 63.0 Å². The van der Waals surface area contributed by atoms with Crippen LogP contribution in [-0.4, -0.2) is 17.9 Å². The Bertz CT molecular complexity index is 601. The Balaban J connectivity index is 2.24. The molecule has 0 aliphatic heterocycles. The first-order chi connectivity index (χ1) is 8.99. The van der Waals surface area contributed by atoms with Crippen LogP contribution < -0.4 is 0 Å². The highest BCUT2D eigenvalue weighted by Crippen LogP contribution is 2.28. The molecule has 0 fully saturated rings. The monoisotopic (exact) mass is 425 g/mol. The van der Waals surface area contributed by atoms with E-state index in [1.165, 1.54) is 0 Å². The maximum atomic E-state index is 12.4. The SMILES string of the molecule is CN(Cc1cccs1)C(=O)c1cc(Cl)cc(Cl)c1I. The summed E-state index contributed by atoms with van der Waals surface area (Å²) in [5, 5.41) is 2.97.